The van der Waals surface area contributed by atoms with Crippen LogP contribution in [0.5, 0.6) is 0 Å². The highest BCUT2D eigenvalue weighted by Gasteiger charge is 2.09. The highest BCUT2D eigenvalue weighted by atomic mass is 16.2. The Balaban J connectivity index is 2.53. The summed E-state index contributed by atoms with van der Waals surface area (Å²) in [6, 6.07) is 0. The molecule has 5 N–H and O–H groups in total. The van der Waals surface area contributed by atoms with Crippen molar-refractivity contribution < 1.29 is 4.79 Å². The minimum Gasteiger partial charge on any atom is -0.328 e. The summed E-state index contributed by atoms with van der Waals surface area (Å²) >= 11 is 0. The molecular formula is C5H10N4O. The number of rotatable bonds is 1. The Morgan fingerprint density at radius 1 is 1.80 bits per heavy atom. The van der Waals surface area contributed by atoms with Gasteiger partial charge in [-0.25, -0.2) is 11.3 Å². The quantitative estimate of drug-likeness (QED) is 0.201. The molecule has 0 saturated heterocycles. The van der Waals surface area contributed by atoms with Gasteiger partial charge in [-0.15, -0.1) is 0 Å². The maximum atomic E-state index is 10.8. The van der Waals surface area contributed by atoms with Crippen LogP contribution >= 0.6 is 0 Å². The minimum absolute atomic E-state index is 0.228. The zero-order chi connectivity index (χ0) is 7.40. The fourth-order valence-corrected chi connectivity index (χ4v) is 0.751. The third-order valence-corrected chi connectivity index (χ3v) is 1.29. The van der Waals surface area contributed by atoms with Gasteiger partial charge in [0.1, 0.15) is 0 Å². The van der Waals surface area contributed by atoms with E-state index in [0.29, 0.717) is 12.0 Å². The van der Waals surface area contributed by atoms with Crippen LogP contribution in [0.25, 0.3) is 0 Å². The molecule has 1 aliphatic heterocycles. The first-order valence-corrected chi connectivity index (χ1v) is 3.03. The lowest BCUT2D eigenvalue weighted by Gasteiger charge is -2.13. The Bertz CT molecular complexity index is 165. The SMILES string of the molecule is NNC(=O)C1=CNNCC1. The van der Waals surface area contributed by atoms with Gasteiger partial charge in [0.25, 0.3) is 5.91 Å². The lowest BCUT2D eigenvalue weighted by molar-refractivity contribution is -0.117. The summed E-state index contributed by atoms with van der Waals surface area (Å²) in [6.07, 6.45) is 2.31. The van der Waals surface area contributed by atoms with Crippen LogP contribution in [0.2, 0.25) is 0 Å². The van der Waals surface area contributed by atoms with Gasteiger partial charge in [0.2, 0.25) is 0 Å². The first-order chi connectivity index (χ1) is 4.84. The van der Waals surface area contributed by atoms with Crippen molar-refractivity contribution >= 4 is 5.91 Å². The Labute approximate surface area is 58.6 Å². The van der Waals surface area contributed by atoms with E-state index in [0.717, 1.165) is 6.54 Å². The molecule has 0 radical (unpaired) electrons. The van der Waals surface area contributed by atoms with Crippen LogP contribution in [-0.2, 0) is 4.79 Å². The van der Waals surface area contributed by atoms with Crippen molar-refractivity contribution in [3.05, 3.63) is 11.8 Å². The van der Waals surface area contributed by atoms with Crippen LogP contribution in [0.3, 0.4) is 0 Å². The second kappa shape index (κ2) is 3.19. The topological polar surface area (TPSA) is 79.2 Å². The summed E-state index contributed by atoms with van der Waals surface area (Å²) in [4.78, 5) is 10.8. The molecule has 0 fully saturated rings. The van der Waals surface area contributed by atoms with E-state index in [-0.39, 0.29) is 5.91 Å². The average molecular weight is 142 g/mol. The van der Waals surface area contributed by atoms with Gasteiger partial charge in [0, 0.05) is 18.3 Å². The van der Waals surface area contributed by atoms with Gasteiger partial charge in [-0.2, -0.15) is 0 Å². The molecule has 0 atom stereocenters. The van der Waals surface area contributed by atoms with Gasteiger partial charge in [-0.3, -0.25) is 10.2 Å². The van der Waals surface area contributed by atoms with Crippen molar-refractivity contribution in [3.63, 3.8) is 0 Å². The zero-order valence-electron chi connectivity index (χ0n) is 5.48. The summed E-state index contributed by atoms with van der Waals surface area (Å²) in [7, 11) is 0. The van der Waals surface area contributed by atoms with E-state index in [1.54, 1.807) is 6.20 Å². The first-order valence-electron chi connectivity index (χ1n) is 3.03. The number of hydrazine groups is 2. The van der Waals surface area contributed by atoms with Crippen LogP contribution in [0.4, 0.5) is 0 Å². The Morgan fingerprint density at radius 3 is 3.10 bits per heavy atom. The molecule has 0 bridgehead atoms. The third-order valence-electron chi connectivity index (χ3n) is 1.29. The van der Waals surface area contributed by atoms with E-state index in [2.05, 4.69) is 16.3 Å². The fourth-order valence-electron chi connectivity index (χ4n) is 0.751. The van der Waals surface area contributed by atoms with Gasteiger partial charge in [0.05, 0.1) is 0 Å². The zero-order valence-corrected chi connectivity index (χ0v) is 5.48. The van der Waals surface area contributed by atoms with Crippen LogP contribution in [0, 0.1) is 0 Å². The number of carbonyl (C=O) groups is 1. The molecule has 1 aliphatic rings. The van der Waals surface area contributed by atoms with Crippen molar-refractivity contribution in [1.29, 1.82) is 0 Å². The lowest BCUT2D eigenvalue weighted by Crippen LogP contribution is -2.38. The van der Waals surface area contributed by atoms with E-state index >= 15 is 0 Å². The summed E-state index contributed by atoms with van der Waals surface area (Å²) in [6.45, 7) is 0.749. The highest BCUT2D eigenvalue weighted by molar-refractivity contribution is 5.92. The Morgan fingerprint density at radius 2 is 2.60 bits per heavy atom. The van der Waals surface area contributed by atoms with E-state index < -0.39 is 0 Å². The van der Waals surface area contributed by atoms with Crippen LogP contribution < -0.4 is 22.1 Å². The van der Waals surface area contributed by atoms with Crippen LogP contribution in [0.1, 0.15) is 6.42 Å². The number of carbonyl (C=O) groups excluding carboxylic acids is 1. The molecule has 0 saturated carbocycles. The van der Waals surface area contributed by atoms with Crippen molar-refractivity contribution in [3.8, 4) is 0 Å². The second-order valence-corrected chi connectivity index (χ2v) is 1.96. The minimum atomic E-state index is -0.228. The van der Waals surface area contributed by atoms with Crippen molar-refractivity contribution in [2.45, 2.75) is 6.42 Å². The largest absolute Gasteiger partial charge is 0.328 e. The summed E-state index contributed by atoms with van der Waals surface area (Å²) in [5.41, 5.74) is 8.30. The summed E-state index contributed by atoms with van der Waals surface area (Å²) in [5, 5.41) is 0. The van der Waals surface area contributed by atoms with Gasteiger partial charge < -0.3 is 5.43 Å². The standard InChI is InChI=1S/C5H10N4O/c6-9-5(10)4-1-2-7-8-3-4/h3,7-8H,1-2,6H2,(H,9,10). The molecule has 56 valence electrons. The van der Waals surface area contributed by atoms with Crippen molar-refractivity contribution in [1.82, 2.24) is 16.3 Å². The normalized spacial score (nSPS) is 17.1. The molecule has 1 rings (SSSR count). The molecule has 1 heterocycles. The summed E-state index contributed by atoms with van der Waals surface area (Å²) in [5.74, 6) is 4.69. The lowest BCUT2D eigenvalue weighted by atomic mass is 10.2. The van der Waals surface area contributed by atoms with Gasteiger partial charge in [-0.05, 0) is 6.42 Å². The van der Waals surface area contributed by atoms with Gasteiger partial charge in [0.15, 0.2) is 0 Å². The Hall–Kier alpha value is -1.07. The van der Waals surface area contributed by atoms with E-state index in [4.69, 9.17) is 5.84 Å². The second-order valence-electron chi connectivity index (χ2n) is 1.96. The smallest absolute Gasteiger partial charge is 0.262 e. The molecule has 0 aromatic carbocycles. The molecule has 1 amide bonds. The molecule has 0 spiro atoms. The molecule has 5 nitrogen and oxygen atoms in total. The van der Waals surface area contributed by atoms with Crippen LogP contribution in [-0.4, -0.2) is 12.5 Å². The summed E-state index contributed by atoms with van der Waals surface area (Å²) < 4.78 is 0. The molecule has 0 aromatic rings. The number of hydrogen-bond acceptors (Lipinski definition) is 4. The fraction of sp³-hybridized carbons (Fsp3) is 0.400. The van der Waals surface area contributed by atoms with Crippen molar-refractivity contribution in [2.75, 3.05) is 6.54 Å². The average Bonchev–Trinajstić information content (AvgIpc) is 2.05. The van der Waals surface area contributed by atoms with E-state index in [1.807, 2.05) is 0 Å². The van der Waals surface area contributed by atoms with Gasteiger partial charge >= 0.3 is 0 Å². The van der Waals surface area contributed by atoms with Gasteiger partial charge in [-0.1, -0.05) is 0 Å². The molecule has 0 unspecified atom stereocenters. The number of hydrogen-bond donors (Lipinski definition) is 4. The first kappa shape index (κ1) is 7.04. The van der Waals surface area contributed by atoms with Crippen LogP contribution in [0.15, 0.2) is 11.8 Å². The Kier molecular flexibility index (Phi) is 2.24. The van der Waals surface area contributed by atoms with E-state index in [9.17, 15) is 4.79 Å². The number of nitrogens with two attached hydrogens (primary N) is 1. The predicted molar refractivity (Wildman–Crippen MR) is 36.2 cm³/mol. The molecule has 0 aromatic heterocycles. The monoisotopic (exact) mass is 142 g/mol. The highest BCUT2D eigenvalue weighted by Crippen LogP contribution is 2.00. The molecule has 0 aliphatic carbocycles. The number of amides is 1. The molecule has 5 heteroatoms. The number of nitrogens with one attached hydrogen (secondary N) is 3. The third kappa shape index (κ3) is 1.46. The maximum absolute atomic E-state index is 10.8. The predicted octanol–water partition coefficient (Wildman–Crippen LogP) is -1.64. The molecular weight excluding hydrogens is 132 g/mol. The van der Waals surface area contributed by atoms with Crippen molar-refractivity contribution in [2.24, 2.45) is 5.84 Å². The maximum Gasteiger partial charge on any atom is 0.262 e. The molecule has 10 heavy (non-hydrogen) atoms. The van der Waals surface area contributed by atoms with E-state index in [1.165, 1.54) is 0 Å².